The minimum Gasteiger partial charge on any atom is -0.478 e. The van der Waals surface area contributed by atoms with E-state index in [9.17, 15) is 106 Å². The van der Waals surface area contributed by atoms with E-state index in [2.05, 4.69) is 114 Å². The van der Waals surface area contributed by atoms with Crippen molar-refractivity contribution in [1.29, 1.82) is 0 Å². The van der Waals surface area contributed by atoms with E-state index < -0.39 is 142 Å². The molecule has 33 nitrogen and oxygen atoms in total. The van der Waals surface area contributed by atoms with E-state index in [0.717, 1.165) is 11.2 Å². The summed E-state index contributed by atoms with van der Waals surface area (Å²) in [6.07, 6.45) is 3.82. The Kier molecular flexibility index (Phi) is 39.5. The molecule has 42 heteroatoms. The first-order valence-corrected chi connectivity index (χ1v) is 50.0. The largest absolute Gasteiger partial charge is 0.478 e. The molecule has 3 heterocycles. The number of nitrogens with zero attached hydrogens (tertiary/aromatic N) is 9. The molecule has 6 aromatic carbocycles. The molecule has 0 saturated heterocycles. The van der Waals surface area contributed by atoms with Crippen LogP contribution in [0.4, 0.5) is 61.8 Å². The summed E-state index contributed by atoms with van der Waals surface area (Å²) in [5, 5.41) is 60.7. The molecule has 0 saturated carbocycles. The highest BCUT2D eigenvalue weighted by Crippen LogP contribution is 2.44. The van der Waals surface area contributed by atoms with Crippen molar-refractivity contribution in [2.24, 2.45) is 16.7 Å². The van der Waals surface area contributed by atoms with Gasteiger partial charge in [0.2, 0.25) is 27.9 Å². The van der Waals surface area contributed by atoms with Gasteiger partial charge in [0.15, 0.2) is 22.4 Å². The number of benzene rings is 6. The van der Waals surface area contributed by atoms with Gasteiger partial charge in [0.25, 0.3) is 5.69 Å². The van der Waals surface area contributed by atoms with Gasteiger partial charge in [-0.15, -0.1) is 0 Å². The van der Waals surface area contributed by atoms with Gasteiger partial charge in [-0.3, -0.25) is 54.3 Å². The zero-order valence-corrected chi connectivity index (χ0v) is 85.6. The monoisotopic (exact) mass is 1990 g/mol. The molecule has 0 aliphatic rings. The van der Waals surface area contributed by atoms with E-state index in [0.29, 0.717) is 88.7 Å². The second kappa shape index (κ2) is 46.8. The number of carbonyl (C=O) groups is 6. The quantitative estimate of drug-likeness (QED) is 0.00374. The average Bonchev–Trinajstić information content (AvgIpc) is 0.755. The standard InChI is InChI=1S/C26H41N3O6Si.C26H43N3O4Si.C25H27F3N2O4.C11H9ClFNO5.C7H3ClFNO4/c1-12-34-24(31)18-15-28(22(25(2,3)4)16-35-36(10,11)26(5,6)7)19-14-20(27(8)9)21(29(32)33)13-17(19)23(18)30;1-12-32-24(31)18-15-29(20-14-21(28(8)9)19(27)13-17(20)23(18)30)22(25(2,3)4)16-33-34(10,11)26(5,6)7;1-13(2)23(12-31)30-11-18(25(33)34)24(32)17-7-14(21(29(3)4)10-22(17)30)5-6-16-19(27)8-15(26)9-20(16)28;1-2-19-11(16)5-10(15)6-3-9(14(17)18)8(13)4-7(6)12;8-4-2-5(9)6(10(13)14)1-3(4)7(11)12/h13-15,22H,12,16H2,1-11H3;13-15,22H,12,16,27H2,1-11H3;7-11,13,23,31H,5-6,12H2,1-4H3,(H,33,34);3-4H,2,5H2,1H3;1-2H,(H,11,12)/t2*22-;23-;;/m111../s1. The van der Waals surface area contributed by atoms with Gasteiger partial charge in [0.05, 0.1) is 121 Å². The lowest BCUT2D eigenvalue weighted by atomic mass is 9.86. The van der Waals surface area contributed by atoms with Crippen molar-refractivity contribution < 1.29 is 104 Å². The number of aryl methyl sites for hydroxylation is 1. The number of esters is 3. The minimum atomic E-state index is -2.12. The van der Waals surface area contributed by atoms with E-state index in [1.54, 1.807) is 87.7 Å². The Bertz CT molecular complexity index is 6200. The zero-order chi connectivity index (χ0) is 105. The Labute approximate surface area is 802 Å². The Balaban J connectivity index is 0.000000313. The number of nitrogens with two attached hydrogens (primary N) is 1. The first-order chi connectivity index (χ1) is 63.0. The average molecular weight is 2000 g/mol. The van der Waals surface area contributed by atoms with Crippen LogP contribution in [0.5, 0.6) is 0 Å². The third-order valence-electron chi connectivity index (χ3n) is 23.6. The summed E-state index contributed by atoms with van der Waals surface area (Å²) in [7, 11) is 6.62. The van der Waals surface area contributed by atoms with Crippen LogP contribution in [0.3, 0.4) is 0 Å². The molecule has 0 amide bonds. The number of carboxylic acids is 2. The number of nitro groups is 3. The van der Waals surface area contributed by atoms with Gasteiger partial charge in [-0.05, 0) is 123 Å². The lowest BCUT2D eigenvalue weighted by Crippen LogP contribution is -2.43. The fraction of sp³-hybridized carbons (Fsp3) is 0.463. The number of ether oxygens (including phenoxy) is 3. The van der Waals surface area contributed by atoms with Gasteiger partial charge in [0.1, 0.15) is 46.3 Å². The predicted molar refractivity (Wildman–Crippen MR) is 524 cm³/mol. The van der Waals surface area contributed by atoms with E-state index >= 15 is 0 Å². The second-order valence-electron chi connectivity index (χ2n) is 38.3. The Morgan fingerprint density at radius 1 is 0.482 bits per heavy atom. The number of aromatic carboxylic acids is 2. The molecule has 0 aliphatic carbocycles. The van der Waals surface area contributed by atoms with Gasteiger partial charge in [-0.1, -0.05) is 120 Å². The summed E-state index contributed by atoms with van der Waals surface area (Å²) < 4.78 is 101. The van der Waals surface area contributed by atoms with E-state index in [1.165, 1.54) is 24.5 Å². The lowest BCUT2D eigenvalue weighted by molar-refractivity contribution is -0.387. The van der Waals surface area contributed by atoms with Crippen molar-refractivity contribution >= 4 is 148 Å². The number of aliphatic hydroxyl groups excluding tert-OH is 1. The molecule has 9 rings (SSSR count). The number of pyridine rings is 3. The number of ketones is 1. The number of fused-ring (bicyclic) bond motifs is 3. The number of hydrogen-bond donors (Lipinski definition) is 4. The van der Waals surface area contributed by atoms with Gasteiger partial charge in [0, 0.05) is 131 Å². The summed E-state index contributed by atoms with van der Waals surface area (Å²) >= 11 is 11.0. The van der Waals surface area contributed by atoms with Crippen LogP contribution in [0.25, 0.3) is 32.7 Å². The van der Waals surface area contributed by atoms with Crippen LogP contribution in [0, 0.1) is 76.2 Å². The molecule has 5 N–H and O–H groups in total. The van der Waals surface area contributed by atoms with Crippen LogP contribution in [0.15, 0.2) is 106 Å². The number of nitro benzene ring substituents is 3. The summed E-state index contributed by atoms with van der Waals surface area (Å²) in [4.78, 5) is 146. The summed E-state index contributed by atoms with van der Waals surface area (Å²) in [5.74, 6) is -11.2. The number of aromatic nitrogens is 3. The molecule has 0 aliphatic heterocycles. The molecule has 9 aromatic rings. The summed E-state index contributed by atoms with van der Waals surface area (Å²) in [5.41, 5.74) is 4.96. The number of rotatable bonds is 30. The maximum Gasteiger partial charge on any atom is 0.343 e. The molecular formula is C95H123Cl2F5N10O23Si2. The van der Waals surface area contributed by atoms with Gasteiger partial charge < -0.3 is 72.5 Å². The molecule has 0 radical (unpaired) electrons. The molecule has 3 atom stereocenters. The van der Waals surface area contributed by atoms with Crippen molar-refractivity contribution in [3.63, 3.8) is 0 Å². The van der Waals surface area contributed by atoms with Crippen molar-refractivity contribution in [3.05, 3.63) is 230 Å². The lowest BCUT2D eigenvalue weighted by Gasteiger charge is -2.41. The first-order valence-electron chi connectivity index (χ1n) is 43.4. The van der Waals surface area contributed by atoms with Gasteiger partial charge >= 0.3 is 41.2 Å². The molecule has 137 heavy (non-hydrogen) atoms. The normalized spacial score (nSPS) is 12.4. The summed E-state index contributed by atoms with van der Waals surface area (Å²) in [6.45, 7) is 44.2. The maximum atomic E-state index is 14.2. The molecule has 748 valence electrons. The van der Waals surface area contributed by atoms with E-state index in [1.807, 2.05) is 48.0 Å². The fourth-order valence-electron chi connectivity index (χ4n) is 13.7. The number of anilines is 4. The van der Waals surface area contributed by atoms with Crippen molar-refractivity contribution in [1.82, 2.24) is 13.7 Å². The van der Waals surface area contributed by atoms with Crippen LogP contribution >= 0.6 is 23.2 Å². The summed E-state index contributed by atoms with van der Waals surface area (Å²) in [6, 6.07) is 12.6. The Hall–Kier alpha value is -12.1. The molecule has 3 aromatic heterocycles. The Morgan fingerprint density at radius 2 is 0.847 bits per heavy atom. The highest BCUT2D eigenvalue weighted by Gasteiger charge is 2.42. The first kappa shape index (κ1) is 115. The van der Waals surface area contributed by atoms with Crippen molar-refractivity contribution in [3.8, 4) is 0 Å². The SMILES string of the molecule is CC(C)[C@@H](CO)n1cc(C(=O)O)c(=O)c2cc(CCc3c(F)cc(F)cc3F)c(N(C)C)cc21.CCOC(=O)CC(=O)c1cc([N+](=O)[O-])c(F)cc1Cl.CCOC(=O)c1cn([C@H](CO[Si](C)(C)C(C)(C)C)C(C)(C)C)c2cc(N(C)C)c(N)cc2c1=O.CCOC(=O)c1cn([C@H](CO[Si](C)(C)C(C)(C)C)C(C)(C)C)c2cc(N(C)C)c([N+](=O)[O-])cc2c1=O.O=C(O)c1cc([N+](=O)[O-])c(F)cc1Cl. The smallest absolute Gasteiger partial charge is 0.343 e. The third kappa shape index (κ3) is 28.6. The minimum absolute atomic E-state index is 0.00413. The van der Waals surface area contributed by atoms with Crippen LogP contribution in [0.1, 0.15) is 205 Å². The third-order valence-corrected chi connectivity index (χ3v) is 33.2. The topological polar surface area (TPSA) is 440 Å². The maximum absolute atomic E-state index is 14.2. The molecular weight excluding hydrogens is 1870 g/mol. The number of carbonyl (C=O) groups excluding carboxylic acids is 4. The van der Waals surface area contributed by atoms with Crippen LogP contribution in [0.2, 0.25) is 46.3 Å². The van der Waals surface area contributed by atoms with Crippen molar-refractivity contribution in [2.75, 3.05) is 102 Å². The highest BCUT2D eigenvalue weighted by molar-refractivity contribution is 6.74. The predicted octanol–water partition coefficient (Wildman–Crippen LogP) is 20.0. The fourth-order valence-corrected chi connectivity index (χ4v) is 16.2. The molecule has 0 fully saturated rings. The number of Topliss-reactive ketones (excluding diaryl/α,β-unsaturated/α-hetero) is 1. The number of nitrogen functional groups attached to an aromatic ring is 1. The van der Waals surface area contributed by atoms with Crippen LogP contribution in [-0.4, -0.2) is 178 Å². The van der Waals surface area contributed by atoms with Crippen LogP contribution < -0.4 is 36.7 Å². The second-order valence-corrected chi connectivity index (χ2v) is 48.8. The van der Waals surface area contributed by atoms with Crippen LogP contribution in [-0.2, 0) is 40.7 Å². The highest BCUT2D eigenvalue weighted by atomic mass is 35.5. The molecule has 0 bridgehead atoms. The number of hydrogen-bond acceptors (Lipinski definition) is 25. The van der Waals surface area contributed by atoms with Gasteiger partial charge in [-0.2, -0.15) is 8.78 Å². The van der Waals surface area contributed by atoms with Crippen molar-refractivity contribution in [2.45, 2.75) is 191 Å². The van der Waals surface area contributed by atoms with E-state index in [4.69, 9.17) is 52.4 Å². The molecule has 0 spiro atoms. The number of aliphatic hydroxyl groups is 1. The molecule has 0 unspecified atom stereocenters. The number of carboxylic acid groups (broad SMARTS) is 2. The Morgan fingerprint density at radius 3 is 1.22 bits per heavy atom. The van der Waals surface area contributed by atoms with E-state index in [-0.39, 0.29) is 132 Å². The zero-order valence-electron chi connectivity index (χ0n) is 82.1. The van der Waals surface area contributed by atoms with Gasteiger partial charge in [-0.25, -0.2) is 32.3 Å². The number of halogens is 7.